The van der Waals surface area contributed by atoms with Crippen molar-refractivity contribution in [1.29, 1.82) is 0 Å². The predicted molar refractivity (Wildman–Crippen MR) is 101 cm³/mol. The van der Waals surface area contributed by atoms with Crippen molar-refractivity contribution in [2.75, 3.05) is 33.9 Å². The smallest absolute Gasteiger partial charge is 0.193 e. The zero-order chi connectivity index (χ0) is 14.4. The van der Waals surface area contributed by atoms with E-state index < -0.39 is 0 Å². The van der Waals surface area contributed by atoms with Gasteiger partial charge >= 0.3 is 0 Å². The zero-order valence-electron chi connectivity index (χ0n) is 12.5. The summed E-state index contributed by atoms with van der Waals surface area (Å²) in [5.74, 6) is 1.59. The molecule has 0 saturated carbocycles. The molecule has 118 valence electrons. The fraction of sp³-hybridized carbons (Fsp3) is 0.533. The Morgan fingerprint density at radius 2 is 2.33 bits per heavy atom. The number of nitrogens with one attached hydrogen (secondary N) is 1. The van der Waals surface area contributed by atoms with E-state index in [1.165, 1.54) is 12.0 Å². The molecule has 2 rings (SSSR count). The lowest BCUT2D eigenvalue weighted by Gasteiger charge is -2.21. The van der Waals surface area contributed by atoms with Crippen molar-refractivity contribution in [3.05, 3.63) is 34.3 Å². The maximum Gasteiger partial charge on any atom is 0.193 e. The molecule has 0 spiro atoms. The average molecular weight is 468 g/mol. The van der Waals surface area contributed by atoms with E-state index in [-0.39, 0.29) is 24.0 Å². The Bertz CT molecular complexity index is 470. The first-order valence-electron chi connectivity index (χ1n) is 6.92. The molecule has 1 aromatic carbocycles. The molecule has 0 radical (unpaired) electrons. The Morgan fingerprint density at radius 1 is 1.52 bits per heavy atom. The Morgan fingerprint density at radius 3 is 3.00 bits per heavy atom. The summed E-state index contributed by atoms with van der Waals surface area (Å²) < 4.78 is 6.34. The van der Waals surface area contributed by atoms with E-state index in [1.807, 2.05) is 19.2 Å². The van der Waals surface area contributed by atoms with Gasteiger partial charge in [0, 0.05) is 44.2 Å². The van der Waals surface area contributed by atoms with Gasteiger partial charge in [0.05, 0.1) is 6.61 Å². The average Bonchev–Trinajstić information content (AvgIpc) is 2.89. The van der Waals surface area contributed by atoms with Crippen LogP contribution < -0.4 is 5.32 Å². The molecule has 1 heterocycles. The van der Waals surface area contributed by atoms with Gasteiger partial charge in [-0.1, -0.05) is 28.1 Å². The Balaban J connectivity index is 0.00000220. The summed E-state index contributed by atoms with van der Waals surface area (Å²) in [4.78, 5) is 6.69. The highest BCUT2D eigenvalue weighted by Crippen LogP contribution is 2.16. The molecule has 0 bridgehead atoms. The van der Waals surface area contributed by atoms with Crippen LogP contribution in [0.2, 0.25) is 0 Å². The van der Waals surface area contributed by atoms with E-state index in [0.29, 0.717) is 5.92 Å². The first-order chi connectivity index (χ1) is 9.72. The molecule has 1 saturated heterocycles. The van der Waals surface area contributed by atoms with Crippen molar-refractivity contribution in [1.82, 2.24) is 10.2 Å². The van der Waals surface area contributed by atoms with Crippen LogP contribution in [0.1, 0.15) is 12.0 Å². The summed E-state index contributed by atoms with van der Waals surface area (Å²) in [7, 11) is 3.61. The lowest BCUT2D eigenvalue weighted by molar-refractivity contribution is 0.157. The predicted octanol–water partition coefficient (Wildman–Crippen LogP) is 3.11. The molecule has 1 aliphatic heterocycles. The second-order valence-electron chi connectivity index (χ2n) is 5.09. The molecule has 1 atom stereocenters. The maximum absolute atomic E-state index is 5.24. The summed E-state index contributed by atoms with van der Waals surface area (Å²) in [6.45, 7) is 3.69. The minimum atomic E-state index is 0. The van der Waals surface area contributed by atoms with Crippen molar-refractivity contribution >= 4 is 45.9 Å². The third kappa shape index (κ3) is 5.75. The Kier molecular flexibility index (Phi) is 8.58. The first-order valence-corrected chi connectivity index (χ1v) is 7.71. The number of guanidine groups is 1. The Hall–Kier alpha value is -0.340. The van der Waals surface area contributed by atoms with Gasteiger partial charge in [-0.15, -0.1) is 24.0 Å². The molecule has 1 N–H and O–H groups in total. The number of ether oxygens (including phenoxy) is 1. The topological polar surface area (TPSA) is 36.9 Å². The van der Waals surface area contributed by atoms with Crippen LogP contribution in [-0.2, 0) is 11.3 Å². The molecule has 0 aromatic heterocycles. The van der Waals surface area contributed by atoms with Gasteiger partial charge in [0.1, 0.15) is 0 Å². The number of rotatable bonds is 4. The van der Waals surface area contributed by atoms with Gasteiger partial charge in [0.25, 0.3) is 0 Å². The van der Waals surface area contributed by atoms with E-state index in [4.69, 9.17) is 4.74 Å². The van der Waals surface area contributed by atoms with E-state index in [0.717, 1.165) is 36.7 Å². The van der Waals surface area contributed by atoms with E-state index in [1.54, 1.807) is 7.11 Å². The van der Waals surface area contributed by atoms with Gasteiger partial charge in [-0.25, -0.2) is 0 Å². The highest BCUT2D eigenvalue weighted by molar-refractivity contribution is 14.0. The molecule has 1 aromatic rings. The van der Waals surface area contributed by atoms with Gasteiger partial charge < -0.3 is 15.0 Å². The number of aliphatic imine (C=N–C) groups is 1. The molecule has 0 aliphatic carbocycles. The van der Waals surface area contributed by atoms with Gasteiger partial charge in [-0.3, -0.25) is 4.99 Å². The molecule has 1 unspecified atom stereocenters. The monoisotopic (exact) mass is 467 g/mol. The summed E-state index contributed by atoms with van der Waals surface area (Å²) >= 11 is 3.50. The molecular weight excluding hydrogens is 445 g/mol. The van der Waals surface area contributed by atoms with Gasteiger partial charge in [0.15, 0.2) is 5.96 Å². The summed E-state index contributed by atoms with van der Waals surface area (Å²) in [5, 5.41) is 3.43. The van der Waals surface area contributed by atoms with Gasteiger partial charge in [0.2, 0.25) is 0 Å². The standard InChI is InChI=1S/C15H22BrN3O.HI/c1-17-15(19-7-6-13(10-19)11-20-2)18-9-12-4-3-5-14(16)8-12;/h3-5,8,13H,6-7,9-11H2,1-2H3,(H,17,18);1H. The fourth-order valence-electron chi connectivity index (χ4n) is 2.56. The fourth-order valence-corrected chi connectivity index (χ4v) is 3.00. The van der Waals surface area contributed by atoms with Crippen LogP contribution >= 0.6 is 39.9 Å². The molecule has 0 amide bonds. The molecule has 6 heteroatoms. The molecule has 21 heavy (non-hydrogen) atoms. The highest BCUT2D eigenvalue weighted by Gasteiger charge is 2.24. The SMILES string of the molecule is CN=C(NCc1cccc(Br)c1)N1CCC(COC)C1.I. The lowest BCUT2D eigenvalue weighted by atomic mass is 10.1. The number of nitrogens with zero attached hydrogens (tertiary/aromatic N) is 2. The van der Waals surface area contributed by atoms with Gasteiger partial charge in [-0.2, -0.15) is 0 Å². The van der Waals surface area contributed by atoms with Crippen LogP contribution in [-0.4, -0.2) is 44.7 Å². The number of likely N-dealkylation sites (tertiary alicyclic amines) is 1. The lowest BCUT2D eigenvalue weighted by Crippen LogP contribution is -2.39. The molecule has 4 nitrogen and oxygen atoms in total. The van der Waals surface area contributed by atoms with Crippen LogP contribution in [0.25, 0.3) is 0 Å². The number of hydrogen-bond donors (Lipinski definition) is 1. The number of methoxy groups -OCH3 is 1. The van der Waals surface area contributed by atoms with E-state index in [2.05, 4.69) is 43.3 Å². The van der Waals surface area contributed by atoms with Crippen molar-refractivity contribution < 1.29 is 4.74 Å². The van der Waals surface area contributed by atoms with Crippen LogP contribution in [0.3, 0.4) is 0 Å². The molecule has 1 fully saturated rings. The summed E-state index contributed by atoms with van der Waals surface area (Å²) in [5.41, 5.74) is 1.24. The van der Waals surface area contributed by atoms with Crippen molar-refractivity contribution in [3.63, 3.8) is 0 Å². The van der Waals surface area contributed by atoms with Crippen LogP contribution in [0, 0.1) is 5.92 Å². The summed E-state index contributed by atoms with van der Waals surface area (Å²) in [6.07, 6.45) is 1.17. The van der Waals surface area contributed by atoms with Crippen molar-refractivity contribution in [2.24, 2.45) is 10.9 Å². The zero-order valence-corrected chi connectivity index (χ0v) is 16.4. The van der Waals surface area contributed by atoms with Crippen LogP contribution in [0.15, 0.2) is 33.7 Å². The quantitative estimate of drug-likeness (QED) is 0.420. The third-order valence-electron chi connectivity index (χ3n) is 3.54. The number of benzene rings is 1. The molecule has 1 aliphatic rings. The minimum absolute atomic E-state index is 0. The van der Waals surface area contributed by atoms with E-state index >= 15 is 0 Å². The van der Waals surface area contributed by atoms with E-state index in [9.17, 15) is 0 Å². The largest absolute Gasteiger partial charge is 0.384 e. The second-order valence-corrected chi connectivity index (χ2v) is 6.00. The second kappa shape index (κ2) is 9.63. The van der Waals surface area contributed by atoms with Crippen LogP contribution in [0.4, 0.5) is 0 Å². The van der Waals surface area contributed by atoms with Crippen molar-refractivity contribution in [2.45, 2.75) is 13.0 Å². The van der Waals surface area contributed by atoms with Crippen LogP contribution in [0.5, 0.6) is 0 Å². The minimum Gasteiger partial charge on any atom is -0.384 e. The maximum atomic E-state index is 5.24. The third-order valence-corrected chi connectivity index (χ3v) is 4.03. The number of hydrogen-bond acceptors (Lipinski definition) is 2. The Labute approximate surface area is 152 Å². The summed E-state index contributed by atoms with van der Waals surface area (Å²) in [6, 6.07) is 8.32. The normalized spacial score (nSPS) is 18.5. The first kappa shape index (κ1) is 18.7. The highest BCUT2D eigenvalue weighted by atomic mass is 127. The van der Waals surface area contributed by atoms with Crippen molar-refractivity contribution in [3.8, 4) is 0 Å². The molecular formula is C15H23BrIN3O. The number of halogens is 2. The van der Waals surface area contributed by atoms with Gasteiger partial charge in [-0.05, 0) is 24.1 Å².